The normalized spacial score (nSPS) is 15.9. The van der Waals surface area contributed by atoms with E-state index >= 15 is 0 Å². The van der Waals surface area contributed by atoms with Crippen molar-refractivity contribution in [2.24, 2.45) is 0 Å². The number of halogens is 1. The van der Waals surface area contributed by atoms with Crippen LogP contribution in [0.3, 0.4) is 0 Å². The molecule has 0 bridgehead atoms. The van der Waals surface area contributed by atoms with Crippen molar-refractivity contribution in [2.75, 3.05) is 13.2 Å². The average Bonchev–Trinajstić information content (AvgIpc) is 2.81. The monoisotopic (exact) mass is 281 g/mol. The predicted molar refractivity (Wildman–Crippen MR) is 65.5 cm³/mol. The van der Waals surface area contributed by atoms with Gasteiger partial charge < -0.3 is 0 Å². The van der Waals surface area contributed by atoms with Crippen LogP contribution < -0.4 is 0 Å². The predicted octanol–water partition coefficient (Wildman–Crippen LogP) is 2.63. The molecule has 1 aliphatic heterocycles. The number of carbonyl (C=O) groups excluding carboxylic acids is 1. The van der Waals surface area contributed by atoms with Gasteiger partial charge in [-0.3, -0.25) is 9.63 Å². The van der Waals surface area contributed by atoms with Gasteiger partial charge in [-0.2, -0.15) is 0 Å². The summed E-state index contributed by atoms with van der Waals surface area (Å²) in [6.07, 6.45) is 4.23. The van der Waals surface area contributed by atoms with Crippen molar-refractivity contribution in [1.29, 1.82) is 0 Å². The van der Waals surface area contributed by atoms with E-state index in [9.17, 15) is 4.79 Å². The number of hydroxylamine groups is 2. The first-order chi connectivity index (χ1) is 7.77. The molecule has 16 heavy (non-hydrogen) atoms. The first-order valence-corrected chi connectivity index (χ1v) is 5.94. The molecule has 0 saturated carbocycles. The molecule has 1 aliphatic rings. The van der Waals surface area contributed by atoms with E-state index in [1.807, 2.05) is 24.3 Å². The average molecular weight is 282 g/mol. The molecule has 1 aromatic rings. The summed E-state index contributed by atoms with van der Waals surface area (Å²) in [5.41, 5.74) is 0.982. The molecule has 1 aromatic carbocycles. The minimum absolute atomic E-state index is 0.103. The van der Waals surface area contributed by atoms with Crippen LogP contribution >= 0.6 is 15.9 Å². The lowest BCUT2D eigenvalue weighted by Crippen LogP contribution is -2.24. The Kier molecular flexibility index (Phi) is 3.74. The molecule has 3 nitrogen and oxygen atoms in total. The minimum atomic E-state index is -0.103. The van der Waals surface area contributed by atoms with Crippen LogP contribution in [0.25, 0.3) is 6.08 Å². The van der Waals surface area contributed by atoms with Crippen molar-refractivity contribution in [2.45, 2.75) is 6.42 Å². The van der Waals surface area contributed by atoms with Crippen LogP contribution in [0.1, 0.15) is 12.0 Å². The van der Waals surface area contributed by atoms with E-state index < -0.39 is 0 Å². The Balaban J connectivity index is 2.03. The Bertz CT molecular complexity index is 411. The van der Waals surface area contributed by atoms with E-state index in [2.05, 4.69) is 15.9 Å². The zero-order chi connectivity index (χ0) is 11.4. The summed E-state index contributed by atoms with van der Waals surface area (Å²) in [6, 6.07) is 7.75. The second-order valence-corrected chi connectivity index (χ2v) is 4.34. The van der Waals surface area contributed by atoms with Gasteiger partial charge in [0.05, 0.1) is 13.2 Å². The summed E-state index contributed by atoms with van der Waals surface area (Å²) >= 11 is 3.42. The van der Waals surface area contributed by atoms with Crippen molar-refractivity contribution in [1.82, 2.24) is 5.06 Å². The Morgan fingerprint density at radius 1 is 1.44 bits per heavy atom. The van der Waals surface area contributed by atoms with E-state index in [1.165, 1.54) is 11.1 Å². The van der Waals surface area contributed by atoms with Crippen LogP contribution in [0.5, 0.6) is 0 Å². The van der Waals surface area contributed by atoms with Crippen molar-refractivity contribution < 1.29 is 9.63 Å². The van der Waals surface area contributed by atoms with Crippen molar-refractivity contribution in [3.63, 3.8) is 0 Å². The summed E-state index contributed by atoms with van der Waals surface area (Å²) in [4.78, 5) is 16.8. The summed E-state index contributed by atoms with van der Waals surface area (Å²) in [7, 11) is 0. The van der Waals surface area contributed by atoms with Gasteiger partial charge in [0.15, 0.2) is 0 Å². The largest absolute Gasteiger partial charge is 0.271 e. The van der Waals surface area contributed by atoms with E-state index in [0.717, 1.165) is 16.5 Å². The van der Waals surface area contributed by atoms with Crippen molar-refractivity contribution in [3.8, 4) is 0 Å². The van der Waals surface area contributed by atoms with Crippen molar-refractivity contribution >= 4 is 27.9 Å². The number of amides is 1. The van der Waals surface area contributed by atoms with Crippen LogP contribution in [0.15, 0.2) is 34.8 Å². The highest BCUT2D eigenvalue weighted by molar-refractivity contribution is 9.10. The van der Waals surface area contributed by atoms with Gasteiger partial charge in [-0.05, 0) is 24.1 Å². The van der Waals surface area contributed by atoms with Crippen molar-refractivity contribution in [3.05, 3.63) is 40.4 Å². The molecule has 0 aliphatic carbocycles. The quantitative estimate of drug-likeness (QED) is 0.780. The minimum Gasteiger partial charge on any atom is -0.271 e. The second-order valence-electron chi connectivity index (χ2n) is 3.48. The zero-order valence-corrected chi connectivity index (χ0v) is 10.3. The van der Waals surface area contributed by atoms with Gasteiger partial charge in [-0.15, -0.1) is 0 Å². The van der Waals surface area contributed by atoms with Crippen LogP contribution in [-0.2, 0) is 9.63 Å². The molecule has 0 radical (unpaired) electrons. The van der Waals surface area contributed by atoms with Gasteiger partial charge >= 0.3 is 0 Å². The van der Waals surface area contributed by atoms with Crippen LogP contribution in [0, 0.1) is 0 Å². The van der Waals surface area contributed by atoms with Gasteiger partial charge in [-0.1, -0.05) is 34.1 Å². The molecule has 4 heteroatoms. The smallest absolute Gasteiger partial charge is 0.270 e. The lowest BCUT2D eigenvalue weighted by atomic mass is 10.2. The third kappa shape index (κ3) is 2.71. The van der Waals surface area contributed by atoms with Gasteiger partial charge in [0, 0.05) is 10.5 Å². The first-order valence-electron chi connectivity index (χ1n) is 5.14. The fourth-order valence-corrected chi connectivity index (χ4v) is 1.89. The van der Waals surface area contributed by atoms with Gasteiger partial charge in [-0.25, -0.2) is 5.06 Å². The zero-order valence-electron chi connectivity index (χ0n) is 8.73. The molecular formula is C12H12BrNO2. The maximum absolute atomic E-state index is 11.6. The Morgan fingerprint density at radius 2 is 2.25 bits per heavy atom. The van der Waals surface area contributed by atoms with Gasteiger partial charge in [0.1, 0.15) is 0 Å². The maximum Gasteiger partial charge on any atom is 0.270 e. The van der Waals surface area contributed by atoms with Crippen LogP contribution in [0.4, 0.5) is 0 Å². The fraction of sp³-hybridized carbons (Fsp3) is 0.250. The molecule has 0 atom stereocenters. The highest BCUT2D eigenvalue weighted by Gasteiger charge is 2.16. The topological polar surface area (TPSA) is 29.5 Å². The van der Waals surface area contributed by atoms with E-state index in [4.69, 9.17) is 4.84 Å². The van der Waals surface area contributed by atoms with E-state index in [-0.39, 0.29) is 5.91 Å². The third-order valence-electron chi connectivity index (χ3n) is 2.31. The van der Waals surface area contributed by atoms with E-state index in [0.29, 0.717) is 13.2 Å². The fourth-order valence-electron chi connectivity index (χ4n) is 1.48. The third-order valence-corrected chi connectivity index (χ3v) is 3.03. The van der Waals surface area contributed by atoms with Crippen LogP contribution in [0.2, 0.25) is 0 Å². The first kappa shape index (κ1) is 11.4. The Morgan fingerprint density at radius 3 is 2.94 bits per heavy atom. The molecule has 0 unspecified atom stereocenters. The SMILES string of the molecule is O=C(/C=C/c1ccccc1Br)N1CCCO1. The number of rotatable bonds is 2. The Hall–Kier alpha value is -1.13. The summed E-state index contributed by atoms with van der Waals surface area (Å²) in [5, 5.41) is 1.40. The van der Waals surface area contributed by atoms with Gasteiger partial charge in [0.2, 0.25) is 0 Å². The molecule has 0 aromatic heterocycles. The highest BCUT2D eigenvalue weighted by Crippen LogP contribution is 2.17. The second kappa shape index (κ2) is 5.27. The van der Waals surface area contributed by atoms with Crippen LogP contribution in [-0.4, -0.2) is 24.1 Å². The standard InChI is InChI=1S/C12H12BrNO2/c13-11-5-2-1-4-10(11)6-7-12(15)14-8-3-9-16-14/h1-2,4-7H,3,8-9H2/b7-6+. The number of hydrogen-bond acceptors (Lipinski definition) is 2. The maximum atomic E-state index is 11.6. The summed E-state index contributed by atoms with van der Waals surface area (Å²) < 4.78 is 0.974. The molecule has 1 saturated heterocycles. The molecule has 1 fully saturated rings. The number of nitrogens with zero attached hydrogens (tertiary/aromatic N) is 1. The molecule has 0 N–H and O–H groups in total. The molecule has 1 amide bonds. The molecule has 2 rings (SSSR count). The van der Waals surface area contributed by atoms with E-state index in [1.54, 1.807) is 6.08 Å². The molecule has 84 valence electrons. The molecule has 0 spiro atoms. The summed E-state index contributed by atoms with van der Waals surface area (Å²) in [5.74, 6) is -0.103. The highest BCUT2D eigenvalue weighted by atomic mass is 79.9. The molecular weight excluding hydrogens is 270 g/mol. The summed E-state index contributed by atoms with van der Waals surface area (Å²) in [6.45, 7) is 1.31. The lowest BCUT2D eigenvalue weighted by molar-refractivity contribution is -0.162. The Labute approximate surface area is 103 Å². The lowest BCUT2D eigenvalue weighted by Gasteiger charge is -2.10. The van der Waals surface area contributed by atoms with Gasteiger partial charge in [0.25, 0.3) is 5.91 Å². The number of hydrogen-bond donors (Lipinski definition) is 0. The molecule has 1 heterocycles. The number of benzene rings is 1. The number of carbonyl (C=O) groups is 1.